The van der Waals surface area contributed by atoms with Crippen molar-refractivity contribution in [3.05, 3.63) is 29.8 Å². The van der Waals surface area contributed by atoms with Crippen LogP contribution in [0.25, 0.3) is 0 Å². The van der Waals surface area contributed by atoms with Crippen LogP contribution in [0.15, 0.2) is 24.3 Å². The number of rotatable bonds is 7. The number of carbonyl (C=O) groups excluding carboxylic acids is 1. The fraction of sp³-hybridized carbons (Fsp3) is 0.650. The smallest absolute Gasteiger partial charge is 0.319 e. The van der Waals surface area contributed by atoms with Crippen molar-refractivity contribution < 1.29 is 23.7 Å². The van der Waals surface area contributed by atoms with E-state index in [1.54, 1.807) is 0 Å². The van der Waals surface area contributed by atoms with Crippen LogP contribution < -0.4 is 10.6 Å². The third kappa shape index (κ3) is 5.19. The van der Waals surface area contributed by atoms with Crippen LogP contribution in [0.5, 0.6) is 0 Å². The van der Waals surface area contributed by atoms with E-state index in [9.17, 15) is 4.79 Å². The van der Waals surface area contributed by atoms with Gasteiger partial charge in [-0.15, -0.1) is 0 Å². The highest BCUT2D eigenvalue weighted by molar-refractivity contribution is 5.89. The molecule has 3 rings (SSSR count). The van der Waals surface area contributed by atoms with Gasteiger partial charge >= 0.3 is 6.03 Å². The Bertz CT molecular complexity index is 634. The second-order valence-corrected chi connectivity index (χ2v) is 7.53. The van der Waals surface area contributed by atoms with E-state index in [0.29, 0.717) is 13.2 Å². The molecule has 0 radical (unpaired) electrons. The normalized spacial score (nSPS) is 28.7. The zero-order chi connectivity index (χ0) is 19.4. The molecule has 27 heavy (non-hydrogen) atoms. The summed E-state index contributed by atoms with van der Waals surface area (Å²) in [4.78, 5) is 12.2. The monoisotopic (exact) mass is 378 g/mol. The van der Waals surface area contributed by atoms with Gasteiger partial charge in [0.2, 0.25) is 0 Å². The van der Waals surface area contributed by atoms with Crippen LogP contribution in [0.2, 0.25) is 0 Å². The van der Waals surface area contributed by atoms with E-state index in [0.717, 1.165) is 24.1 Å². The summed E-state index contributed by atoms with van der Waals surface area (Å²) in [6.07, 6.45) is 0.653. The minimum atomic E-state index is -0.692. The SMILES string of the molecule is CCCCO[C@@H]1[C@H]2OC(C)(C)O[C@H]2O[C@@H]1CNC(=O)Nc1ccc(C)cc1. The highest BCUT2D eigenvalue weighted by Gasteiger charge is 2.55. The summed E-state index contributed by atoms with van der Waals surface area (Å²) in [5, 5.41) is 5.67. The Labute approximate surface area is 160 Å². The summed E-state index contributed by atoms with van der Waals surface area (Å²) in [5.41, 5.74) is 1.88. The molecule has 7 nitrogen and oxygen atoms in total. The molecule has 2 heterocycles. The predicted octanol–water partition coefficient (Wildman–Crippen LogP) is 3.18. The van der Waals surface area contributed by atoms with Crippen molar-refractivity contribution in [3.8, 4) is 0 Å². The lowest BCUT2D eigenvalue weighted by Gasteiger charge is -2.26. The van der Waals surface area contributed by atoms with Gasteiger partial charge in [0.1, 0.15) is 18.3 Å². The van der Waals surface area contributed by atoms with Crippen molar-refractivity contribution in [2.45, 2.75) is 70.9 Å². The molecule has 1 aromatic rings. The lowest BCUT2D eigenvalue weighted by atomic mass is 10.1. The number of fused-ring (bicyclic) bond motifs is 1. The number of carbonyl (C=O) groups is 1. The molecule has 0 bridgehead atoms. The molecule has 150 valence electrons. The Morgan fingerprint density at radius 3 is 2.67 bits per heavy atom. The number of aryl methyl sites for hydroxylation is 1. The number of hydrogen-bond donors (Lipinski definition) is 2. The van der Waals surface area contributed by atoms with Crippen LogP contribution in [-0.4, -0.2) is 49.6 Å². The molecule has 1 aromatic carbocycles. The molecule has 2 saturated heterocycles. The molecule has 0 aromatic heterocycles. The minimum absolute atomic E-state index is 0.275. The first-order valence-corrected chi connectivity index (χ1v) is 9.62. The van der Waals surface area contributed by atoms with Gasteiger partial charge in [-0.25, -0.2) is 4.79 Å². The Balaban J connectivity index is 1.54. The Kier molecular flexibility index (Phi) is 6.37. The maximum absolute atomic E-state index is 12.2. The first-order valence-electron chi connectivity index (χ1n) is 9.62. The molecule has 0 aliphatic carbocycles. The molecule has 2 aliphatic heterocycles. The predicted molar refractivity (Wildman–Crippen MR) is 102 cm³/mol. The van der Waals surface area contributed by atoms with E-state index in [-0.39, 0.29) is 24.3 Å². The van der Waals surface area contributed by atoms with Gasteiger partial charge < -0.3 is 29.6 Å². The average Bonchev–Trinajstić information content (AvgIpc) is 3.07. The highest BCUT2D eigenvalue weighted by Crippen LogP contribution is 2.38. The lowest BCUT2D eigenvalue weighted by Crippen LogP contribution is -2.44. The topological polar surface area (TPSA) is 78.1 Å². The van der Waals surface area contributed by atoms with Gasteiger partial charge in [0, 0.05) is 18.8 Å². The van der Waals surface area contributed by atoms with Crippen LogP contribution in [0.1, 0.15) is 39.2 Å². The minimum Gasteiger partial charge on any atom is -0.373 e. The average molecular weight is 378 g/mol. The third-order valence-corrected chi connectivity index (χ3v) is 4.67. The molecule has 2 amide bonds. The zero-order valence-corrected chi connectivity index (χ0v) is 16.5. The Morgan fingerprint density at radius 1 is 1.22 bits per heavy atom. The number of anilines is 1. The van der Waals surface area contributed by atoms with Crippen LogP contribution in [0.4, 0.5) is 10.5 Å². The molecule has 2 N–H and O–H groups in total. The van der Waals surface area contributed by atoms with E-state index in [2.05, 4.69) is 17.6 Å². The number of ether oxygens (including phenoxy) is 4. The summed E-state index contributed by atoms with van der Waals surface area (Å²) in [5.74, 6) is -0.692. The summed E-state index contributed by atoms with van der Waals surface area (Å²) < 4.78 is 23.8. The van der Waals surface area contributed by atoms with Crippen LogP contribution in [-0.2, 0) is 18.9 Å². The summed E-state index contributed by atoms with van der Waals surface area (Å²) >= 11 is 0. The first-order chi connectivity index (χ1) is 12.9. The molecule has 2 aliphatic rings. The molecule has 7 heteroatoms. The number of urea groups is 1. The van der Waals surface area contributed by atoms with E-state index in [1.807, 2.05) is 45.0 Å². The van der Waals surface area contributed by atoms with Crippen molar-refractivity contribution in [3.63, 3.8) is 0 Å². The van der Waals surface area contributed by atoms with Crippen molar-refractivity contribution >= 4 is 11.7 Å². The van der Waals surface area contributed by atoms with Crippen molar-refractivity contribution in [2.75, 3.05) is 18.5 Å². The summed E-state index contributed by atoms with van der Waals surface area (Å²) in [6.45, 7) is 8.78. The fourth-order valence-electron chi connectivity index (χ4n) is 3.28. The molecule has 0 saturated carbocycles. The van der Waals surface area contributed by atoms with Crippen LogP contribution >= 0.6 is 0 Å². The van der Waals surface area contributed by atoms with Gasteiger partial charge in [-0.2, -0.15) is 0 Å². The summed E-state index contributed by atoms with van der Waals surface area (Å²) in [7, 11) is 0. The Hall–Kier alpha value is -1.67. The lowest BCUT2D eigenvalue weighted by molar-refractivity contribution is -0.217. The van der Waals surface area contributed by atoms with Crippen molar-refractivity contribution in [2.24, 2.45) is 0 Å². The standard InChI is InChI=1S/C20H30N2O5/c1-5-6-11-24-16-15(25-18-17(16)26-20(3,4)27-18)12-21-19(23)22-14-9-7-13(2)8-10-14/h7-10,15-18H,5-6,11-12H2,1-4H3,(H2,21,22,23)/t15-,16+,17-,18-/m1/s1. The zero-order valence-electron chi connectivity index (χ0n) is 16.5. The van der Waals surface area contributed by atoms with E-state index in [4.69, 9.17) is 18.9 Å². The van der Waals surface area contributed by atoms with E-state index in [1.165, 1.54) is 0 Å². The second kappa shape index (κ2) is 8.56. The van der Waals surface area contributed by atoms with Crippen molar-refractivity contribution in [1.82, 2.24) is 5.32 Å². The van der Waals surface area contributed by atoms with Gasteiger partial charge in [0.05, 0.1) is 0 Å². The summed E-state index contributed by atoms with van der Waals surface area (Å²) in [6, 6.07) is 7.35. The number of nitrogens with one attached hydrogen (secondary N) is 2. The van der Waals surface area contributed by atoms with Gasteiger partial charge in [-0.1, -0.05) is 31.0 Å². The highest BCUT2D eigenvalue weighted by atomic mass is 16.8. The van der Waals surface area contributed by atoms with Gasteiger partial charge in [0.25, 0.3) is 0 Å². The maximum Gasteiger partial charge on any atom is 0.319 e. The Morgan fingerprint density at radius 2 is 1.96 bits per heavy atom. The van der Waals surface area contributed by atoms with Crippen molar-refractivity contribution in [1.29, 1.82) is 0 Å². The molecular formula is C20H30N2O5. The van der Waals surface area contributed by atoms with Gasteiger partial charge in [-0.3, -0.25) is 0 Å². The quantitative estimate of drug-likeness (QED) is 0.713. The number of amides is 2. The van der Waals surface area contributed by atoms with E-state index < -0.39 is 12.1 Å². The molecule has 0 spiro atoms. The largest absolute Gasteiger partial charge is 0.373 e. The molecule has 0 unspecified atom stereocenters. The number of benzene rings is 1. The molecular weight excluding hydrogens is 348 g/mol. The number of unbranched alkanes of at least 4 members (excludes halogenated alkanes) is 1. The van der Waals surface area contributed by atoms with Crippen LogP contribution in [0, 0.1) is 6.92 Å². The maximum atomic E-state index is 12.2. The first kappa shape index (κ1) is 20.1. The number of hydrogen-bond acceptors (Lipinski definition) is 5. The molecule has 4 atom stereocenters. The fourth-order valence-corrected chi connectivity index (χ4v) is 3.28. The van der Waals surface area contributed by atoms with E-state index >= 15 is 0 Å². The second-order valence-electron chi connectivity index (χ2n) is 7.53. The van der Waals surface area contributed by atoms with Gasteiger partial charge in [0.15, 0.2) is 12.1 Å². The van der Waals surface area contributed by atoms with Gasteiger partial charge in [-0.05, 0) is 39.3 Å². The van der Waals surface area contributed by atoms with Crippen LogP contribution in [0.3, 0.4) is 0 Å². The molecule has 2 fully saturated rings. The third-order valence-electron chi connectivity index (χ3n) is 4.67.